The van der Waals surface area contributed by atoms with E-state index in [1.165, 1.54) is 12.2 Å². The van der Waals surface area contributed by atoms with Gasteiger partial charge in [-0.05, 0) is 18.2 Å². The van der Waals surface area contributed by atoms with Gasteiger partial charge in [0.1, 0.15) is 0 Å². The molecule has 0 aromatic heterocycles. The van der Waals surface area contributed by atoms with E-state index in [0.717, 1.165) is 0 Å². The summed E-state index contributed by atoms with van der Waals surface area (Å²) in [6.45, 7) is 0. The van der Waals surface area contributed by atoms with Crippen molar-refractivity contribution in [2.45, 2.75) is 0 Å². The highest BCUT2D eigenvalue weighted by Crippen LogP contribution is 2.05. The number of para-hydroxylation sites is 1. The molecule has 0 aliphatic rings. The molecule has 0 atom stereocenters. The van der Waals surface area contributed by atoms with Crippen molar-refractivity contribution >= 4 is 17.4 Å². The van der Waals surface area contributed by atoms with Gasteiger partial charge in [-0.25, -0.2) is 0 Å². The van der Waals surface area contributed by atoms with Crippen LogP contribution >= 0.6 is 0 Å². The molecule has 0 spiro atoms. The van der Waals surface area contributed by atoms with Gasteiger partial charge in [-0.2, -0.15) is 0 Å². The maximum Gasteiger partial charge on any atom is 0.248 e. The fourth-order valence-electron chi connectivity index (χ4n) is 1.56. The van der Waals surface area contributed by atoms with E-state index in [2.05, 4.69) is 5.32 Å². The summed E-state index contributed by atoms with van der Waals surface area (Å²) >= 11 is 0. The summed E-state index contributed by atoms with van der Waals surface area (Å²) in [4.78, 5) is 23.3. The Bertz CT molecular complexity index is 589. The van der Waals surface area contributed by atoms with Crippen LogP contribution in [0.3, 0.4) is 0 Å². The summed E-state index contributed by atoms with van der Waals surface area (Å²) in [5, 5.41) is 2.67. The van der Waals surface area contributed by atoms with E-state index in [9.17, 15) is 9.59 Å². The Hall–Kier alpha value is -2.68. The van der Waals surface area contributed by atoms with Crippen LogP contribution < -0.4 is 5.32 Å². The molecule has 0 unspecified atom stereocenters. The largest absolute Gasteiger partial charge is 0.323 e. The standard InChI is InChI=1S/C16H13NO2/c18-15(13-7-3-1-4-8-13)11-12-16(19)17-14-9-5-2-6-10-14/h1-12H,(H,17,19)/b12-11+. The van der Waals surface area contributed by atoms with Gasteiger partial charge in [0.05, 0.1) is 0 Å². The molecule has 19 heavy (non-hydrogen) atoms. The van der Waals surface area contributed by atoms with Gasteiger partial charge >= 0.3 is 0 Å². The van der Waals surface area contributed by atoms with Gasteiger partial charge in [0.15, 0.2) is 5.78 Å². The van der Waals surface area contributed by atoms with Crippen LogP contribution in [-0.2, 0) is 4.79 Å². The van der Waals surface area contributed by atoms with Crippen LogP contribution in [0.15, 0.2) is 72.8 Å². The van der Waals surface area contributed by atoms with Gasteiger partial charge in [-0.1, -0.05) is 48.5 Å². The lowest BCUT2D eigenvalue weighted by atomic mass is 10.1. The molecule has 2 rings (SSSR count). The smallest absolute Gasteiger partial charge is 0.248 e. The van der Waals surface area contributed by atoms with Crippen molar-refractivity contribution in [2.24, 2.45) is 0 Å². The monoisotopic (exact) mass is 251 g/mol. The number of carbonyl (C=O) groups excluding carboxylic acids is 2. The molecule has 0 fully saturated rings. The number of ketones is 1. The highest BCUT2D eigenvalue weighted by atomic mass is 16.1. The van der Waals surface area contributed by atoms with Gasteiger partial charge in [-0.3, -0.25) is 9.59 Å². The molecule has 0 bridgehead atoms. The Morgan fingerprint density at radius 2 is 1.37 bits per heavy atom. The highest BCUT2D eigenvalue weighted by molar-refractivity contribution is 6.09. The van der Waals surface area contributed by atoms with E-state index in [1.54, 1.807) is 36.4 Å². The van der Waals surface area contributed by atoms with Crippen molar-refractivity contribution in [1.29, 1.82) is 0 Å². The average Bonchev–Trinajstić information content (AvgIpc) is 2.47. The number of hydrogen-bond donors (Lipinski definition) is 1. The Labute approximate surface area is 111 Å². The second kappa shape index (κ2) is 6.31. The third kappa shape index (κ3) is 3.92. The first-order chi connectivity index (χ1) is 9.25. The lowest BCUT2D eigenvalue weighted by molar-refractivity contribution is -0.111. The van der Waals surface area contributed by atoms with Crippen molar-refractivity contribution in [3.8, 4) is 0 Å². The molecular weight excluding hydrogens is 238 g/mol. The van der Waals surface area contributed by atoms with E-state index in [1.807, 2.05) is 24.3 Å². The molecule has 94 valence electrons. The van der Waals surface area contributed by atoms with Crippen LogP contribution in [-0.4, -0.2) is 11.7 Å². The van der Waals surface area contributed by atoms with Crippen molar-refractivity contribution in [2.75, 3.05) is 5.32 Å². The van der Waals surface area contributed by atoms with Crippen molar-refractivity contribution in [3.05, 3.63) is 78.4 Å². The highest BCUT2D eigenvalue weighted by Gasteiger charge is 2.01. The third-order valence-electron chi connectivity index (χ3n) is 2.49. The fraction of sp³-hybridized carbons (Fsp3) is 0. The summed E-state index contributed by atoms with van der Waals surface area (Å²) in [7, 11) is 0. The Kier molecular flexibility index (Phi) is 4.24. The Morgan fingerprint density at radius 3 is 2.00 bits per heavy atom. The van der Waals surface area contributed by atoms with Gasteiger partial charge in [-0.15, -0.1) is 0 Å². The van der Waals surface area contributed by atoms with Gasteiger partial charge in [0, 0.05) is 17.3 Å². The average molecular weight is 251 g/mol. The topological polar surface area (TPSA) is 46.2 Å². The predicted octanol–water partition coefficient (Wildman–Crippen LogP) is 3.06. The molecule has 0 aliphatic heterocycles. The molecule has 0 saturated heterocycles. The molecular formula is C16H13NO2. The maximum absolute atomic E-state index is 11.7. The van der Waals surface area contributed by atoms with Crippen LogP contribution in [0.1, 0.15) is 10.4 Å². The van der Waals surface area contributed by atoms with Crippen molar-refractivity contribution in [1.82, 2.24) is 0 Å². The van der Waals surface area contributed by atoms with Crippen LogP contribution in [0.25, 0.3) is 0 Å². The normalized spacial score (nSPS) is 10.3. The minimum Gasteiger partial charge on any atom is -0.323 e. The first-order valence-corrected chi connectivity index (χ1v) is 5.89. The van der Waals surface area contributed by atoms with Crippen LogP contribution in [0.2, 0.25) is 0 Å². The maximum atomic E-state index is 11.7. The summed E-state index contributed by atoms with van der Waals surface area (Å²) in [5.41, 5.74) is 1.26. The zero-order chi connectivity index (χ0) is 13.5. The van der Waals surface area contributed by atoms with Gasteiger partial charge < -0.3 is 5.32 Å². The predicted molar refractivity (Wildman–Crippen MR) is 75.0 cm³/mol. The van der Waals surface area contributed by atoms with Gasteiger partial charge in [0.2, 0.25) is 5.91 Å². The minimum atomic E-state index is -0.324. The van der Waals surface area contributed by atoms with E-state index in [0.29, 0.717) is 11.3 Å². The van der Waals surface area contributed by atoms with Gasteiger partial charge in [0.25, 0.3) is 0 Å². The van der Waals surface area contributed by atoms with E-state index in [-0.39, 0.29) is 11.7 Å². The number of rotatable bonds is 4. The number of hydrogen-bond acceptors (Lipinski definition) is 2. The van der Waals surface area contributed by atoms with Crippen molar-refractivity contribution in [3.63, 3.8) is 0 Å². The second-order valence-corrected chi connectivity index (χ2v) is 3.92. The first-order valence-electron chi connectivity index (χ1n) is 5.89. The van der Waals surface area contributed by atoms with Crippen molar-refractivity contribution < 1.29 is 9.59 Å². The molecule has 0 saturated carbocycles. The molecule has 3 nitrogen and oxygen atoms in total. The summed E-state index contributed by atoms with van der Waals surface area (Å²) in [6.07, 6.45) is 2.51. The fourth-order valence-corrected chi connectivity index (χ4v) is 1.56. The van der Waals surface area contributed by atoms with Crippen LogP contribution in [0, 0.1) is 0 Å². The quantitative estimate of drug-likeness (QED) is 0.670. The zero-order valence-corrected chi connectivity index (χ0v) is 10.2. The second-order valence-electron chi connectivity index (χ2n) is 3.92. The number of anilines is 1. The summed E-state index contributed by atoms with van der Waals surface area (Å²) < 4.78 is 0. The zero-order valence-electron chi connectivity index (χ0n) is 10.2. The lowest BCUT2D eigenvalue weighted by Crippen LogP contribution is -2.08. The Morgan fingerprint density at radius 1 is 0.789 bits per heavy atom. The molecule has 0 heterocycles. The number of allylic oxidation sites excluding steroid dienone is 1. The van der Waals surface area contributed by atoms with E-state index in [4.69, 9.17) is 0 Å². The Balaban J connectivity index is 1.96. The number of benzene rings is 2. The molecule has 0 radical (unpaired) electrons. The molecule has 3 heteroatoms. The summed E-state index contributed by atoms with van der Waals surface area (Å²) in [6, 6.07) is 17.9. The minimum absolute atomic E-state index is 0.191. The van der Waals surface area contributed by atoms with E-state index < -0.39 is 0 Å². The summed E-state index contributed by atoms with van der Waals surface area (Å²) in [5.74, 6) is -0.515. The van der Waals surface area contributed by atoms with E-state index >= 15 is 0 Å². The number of amides is 1. The molecule has 1 amide bonds. The molecule has 0 aliphatic carbocycles. The van der Waals surface area contributed by atoms with Crippen LogP contribution in [0.4, 0.5) is 5.69 Å². The molecule has 2 aromatic carbocycles. The number of carbonyl (C=O) groups is 2. The third-order valence-corrected chi connectivity index (χ3v) is 2.49. The molecule has 2 aromatic rings. The number of nitrogens with one attached hydrogen (secondary N) is 1. The SMILES string of the molecule is O=C(/C=C/C(=O)c1ccccc1)Nc1ccccc1. The lowest BCUT2D eigenvalue weighted by Gasteiger charge is -2.00. The van der Waals surface area contributed by atoms with Crippen LogP contribution in [0.5, 0.6) is 0 Å². The first kappa shape index (κ1) is 12.8. The molecule has 1 N–H and O–H groups in total.